The van der Waals surface area contributed by atoms with Crippen molar-refractivity contribution >= 4 is 27.9 Å². The number of methoxy groups -OCH3 is 2. The lowest BCUT2D eigenvalue weighted by molar-refractivity contribution is -0.0494. The van der Waals surface area contributed by atoms with Gasteiger partial charge in [-0.2, -0.15) is 13.9 Å². The highest BCUT2D eigenvalue weighted by Crippen LogP contribution is 2.37. The van der Waals surface area contributed by atoms with E-state index in [2.05, 4.69) is 25.8 Å². The second-order valence-electron chi connectivity index (χ2n) is 5.82. The molecule has 156 valence electrons. The van der Waals surface area contributed by atoms with Crippen LogP contribution in [0.1, 0.15) is 20.8 Å². The Kier molecular flexibility index (Phi) is 6.46. The molecule has 0 radical (unpaired) electrons. The van der Waals surface area contributed by atoms with E-state index in [-0.39, 0.29) is 28.3 Å². The predicted molar refractivity (Wildman–Crippen MR) is 106 cm³/mol. The normalized spacial score (nSPS) is 10.7. The van der Waals surface area contributed by atoms with E-state index >= 15 is 0 Å². The van der Waals surface area contributed by atoms with Gasteiger partial charge >= 0.3 is 18.6 Å². The Balaban J connectivity index is 2.38. The number of alkyl halides is 2. The molecule has 3 aromatic rings. The molecular formula is C20H15BrF2N2O5. The summed E-state index contributed by atoms with van der Waals surface area (Å²) in [4.78, 5) is 25.2. The zero-order valence-corrected chi connectivity index (χ0v) is 17.4. The smallest absolute Gasteiger partial charge is 0.387 e. The maximum atomic E-state index is 12.9. The second-order valence-corrected chi connectivity index (χ2v) is 6.74. The molecule has 0 bridgehead atoms. The van der Waals surface area contributed by atoms with E-state index in [1.165, 1.54) is 22.9 Å². The molecule has 2 aromatic carbocycles. The minimum atomic E-state index is -3.11. The lowest BCUT2D eigenvalue weighted by Crippen LogP contribution is -2.15. The van der Waals surface area contributed by atoms with Crippen LogP contribution >= 0.6 is 15.9 Å². The third-order valence-corrected chi connectivity index (χ3v) is 4.56. The van der Waals surface area contributed by atoms with Crippen molar-refractivity contribution < 1.29 is 32.6 Å². The summed E-state index contributed by atoms with van der Waals surface area (Å²) < 4.78 is 41.9. The van der Waals surface area contributed by atoms with Gasteiger partial charge in [0.2, 0.25) is 0 Å². The van der Waals surface area contributed by atoms with Crippen LogP contribution in [0.25, 0.3) is 16.9 Å². The van der Waals surface area contributed by atoms with Gasteiger partial charge < -0.3 is 14.2 Å². The molecule has 10 heteroatoms. The van der Waals surface area contributed by atoms with Crippen molar-refractivity contribution in [2.45, 2.75) is 6.61 Å². The van der Waals surface area contributed by atoms with Gasteiger partial charge in [-0.25, -0.2) is 14.3 Å². The van der Waals surface area contributed by atoms with Crippen LogP contribution in [-0.4, -0.2) is 42.6 Å². The molecule has 3 rings (SSSR count). The Bertz CT molecular complexity index is 1090. The van der Waals surface area contributed by atoms with Crippen molar-refractivity contribution in [3.05, 3.63) is 64.3 Å². The molecule has 0 saturated heterocycles. The predicted octanol–water partition coefficient (Wildman–Crippen LogP) is 4.48. The summed E-state index contributed by atoms with van der Waals surface area (Å²) in [5.41, 5.74) is -0.0347. The van der Waals surface area contributed by atoms with E-state index in [0.29, 0.717) is 10.2 Å². The quantitative estimate of drug-likeness (QED) is 0.484. The molecule has 0 atom stereocenters. The number of aromatic nitrogens is 2. The molecular weight excluding hydrogens is 466 g/mol. The molecule has 0 unspecified atom stereocenters. The van der Waals surface area contributed by atoms with Crippen molar-refractivity contribution in [3.8, 4) is 22.7 Å². The van der Waals surface area contributed by atoms with Gasteiger partial charge in [0, 0.05) is 10.0 Å². The fraction of sp³-hybridized carbons (Fsp3) is 0.150. The maximum Gasteiger partial charge on any atom is 0.387 e. The van der Waals surface area contributed by atoms with Crippen LogP contribution in [0.4, 0.5) is 8.78 Å². The minimum absolute atomic E-state index is 0.0601. The molecule has 1 heterocycles. The minimum Gasteiger partial charge on any atom is -0.465 e. The Morgan fingerprint density at radius 2 is 1.70 bits per heavy atom. The van der Waals surface area contributed by atoms with Gasteiger partial charge in [0.15, 0.2) is 5.69 Å². The molecule has 1 aromatic heterocycles. The van der Waals surface area contributed by atoms with Crippen molar-refractivity contribution in [2.24, 2.45) is 0 Å². The van der Waals surface area contributed by atoms with Gasteiger partial charge in [-0.15, -0.1) is 0 Å². The van der Waals surface area contributed by atoms with E-state index < -0.39 is 18.6 Å². The largest absolute Gasteiger partial charge is 0.465 e. The third kappa shape index (κ3) is 4.18. The average molecular weight is 481 g/mol. The molecule has 30 heavy (non-hydrogen) atoms. The van der Waals surface area contributed by atoms with Gasteiger partial charge in [0.25, 0.3) is 0 Å². The summed E-state index contributed by atoms with van der Waals surface area (Å²) in [6, 6.07) is 12.7. The lowest BCUT2D eigenvalue weighted by Gasteiger charge is -2.10. The number of nitrogens with zero attached hydrogens (tertiary/aromatic N) is 2. The van der Waals surface area contributed by atoms with E-state index in [4.69, 9.17) is 9.47 Å². The molecule has 0 saturated carbocycles. The van der Waals surface area contributed by atoms with E-state index in [0.717, 1.165) is 14.2 Å². The number of ether oxygens (including phenoxy) is 3. The van der Waals surface area contributed by atoms with Crippen LogP contribution in [0.2, 0.25) is 0 Å². The zero-order chi connectivity index (χ0) is 21.8. The highest BCUT2D eigenvalue weighted by Gasteiger charge is 2.32. The summed E-state index contributed by atoms with van der Waals surface area (Å²) in [7, 11) is 2.28. The van der Waals surface area contributed by atoms with Crippen LogP contribution in [0.5, 0.6) is 5.75 Å². The first-order chi connectivity index (χ1) is 14.4. The van der Waals surface area contributed by atoms with Crippen molar-refractivity contribution in [2.75, 3.05) is 14.2 Å². The number of hydrogen-bond donors (Lipinski definition) is 0. The topological polar surface area (TPSA) is 79.7 Å². The van der Waals surface area contributed by atoms with Crippen molar-refractivity contribution in [3.63, 3.8) is 0 Å². The van der Waals surface area contributed by atoms with Crippen molar-refractivity contribution in [1.82, 2.24) is 9.78 Å². The standard InChI is InChI=1S/C20H15BrF2N2O5/c1-28-18(26)15-16(13-10-11(21)8-9-14(13)30-20(22)23)24-25(17(15)19(27)29-2)12-6-4-3-5-7-12/h3-10,20H,1-2H3. The molecule has 0 aliphatic carbocycles. The summed E-state index contributed by atoms with van der Waals surface area (Å²) in [6.07, 6.45) is 0. The highest BCUT2D eigenvalue weighted by molar-refractivity contribution is 9.10. The molecule has 0 N–H and O–H groups in total. The van der Waals surface area contributed by atoms with Gasteiger partial charge in [0.05, 0.1) is 19.9 Å². The van der Waals surface area contributed by atoms with Gasteiger partial charge in [0.1, 0.15) is 17.0 Å². The first kappa shape index (κ1) is 21.4. The average Bonchev–Trinajstić information content (AvgIpc) is 3.14. The first-order valence-corrected chi connectivity index (χ1v) is 9.26. The molecule has 0 aliphatic rings. The fourth-order valence-corrected chi connectivity index (χ4v) is 3.19. The Morgan fingerprint density at radius 1 is 1.03 bits per heavy atom. The van der Waals surface area contributed by atoms with Crippen LogP contribution in [0, 0.1) is 0 Å². The first-order valence-electron chi connectivity index (χ1n) is 8.47. The van der Waals surface area contributed by atoms with Crippen molar-refractivity contribution in [1.29, 1.82) is 0 Å². The Hall–Kier alpha value is -3.27. The Morgan fingerprint density at radius 3 is 2.30 bits per heavy atom. The number of para-hydroxylation sites is 1. The Labute approximate surface area is 178 Å². The van der Waals surface area contributed by atoms with E-state index in [1.807, 2.05) is 0 Å². The molecule has 0 fully saturated rings. The maximum absolute atomic E-state index is 12.9. The summed E-state index contributed by atoms with van der Waals surface area (Å²) in [5.74, 6) is -1.98. The van der Waals surface area contributed by atoms with Gasteiger partial charge in [-0.3, -0.25) is 0 Å². The monoisotopic (exact) mass is 480 g/mol. The number of hydrogen-bond acceptors (Lipinski definition) is 6. The van der Waals surface area contributed by atoms with E-state index in [1.54, 1.807) is 30.3 Å². The lowest BCUT2D eigenvalue weighted by atomic mass is 10.0. The van der Waals surface area contributed by atoms with Crippen LogP contribution in [0.3, 0.4) is 0 Å². The summed E-state index contributed by atoms with van der Waals surface area (Å²) in [5, 5.41) is 4.37. The van der Waals surface area contributed by atoms with Crippen LogP contribution < -0.4 is 4.74 Å². The molecule has 0 amide bonds. The number of carbonyl (C=O) groups excluding carboxylic acids is 2. The van der Waals surface area contributed by atoms with Gasteiger partial charge in [-0.1, -0.05) is 34.1 Å². The molecule has 7 nitrogen and oxygen atoms in total. The molecule has 0 aliphatic heterocycles. The number of halogens is 3. The number of carbonyl (C=O) groups is 2. The molecule has 0 spiro atoms. The highest BCUT2D eigenvalue weighted by atomic mass is 79.9. The number of esters is 2. The zero-order valence-electron chi connectivity index (χ0n) is 15.8. The number of benzene rings is 2. The number of rotatable bonds is 6. The second kappa shape index (κ2) is 9.04. The SMILES string of the molecule is COC(=O)c1c(-c2cc(Br)ccc2OC(F)F)nn(-c2ccccc2)c1C(=O)OC. The fourth-order valence-electron chi connectivity index (χ4n) is 2.83. The van der Waals surface area contributed by atoms with E-state index in [9.17, 15) is 18.4 Å². The summed E-state index contributed by atoms with van der Waals surface area (Å²) in [6.45, 7) is -3.11. The third-order valence-electron chi connectivity index (χ3n) is 4.07. The van der Waals surface area contributed by atoms with Gasteiger partial charge in [-0.05, 0) is 30.3 Å². The summed E-state index contributed by atoms with van der Waals surface area (Å²) >= 11 is 3.27. The van der Waals surface area contributed by atoms with Crippen LogP contribution in [0.15, 0.2) is 53.0 Å². The van der Waals surface area contributed by atoms with Crippen LogP contribution in [-0.2, 0) is 9.47 Å².